The lowest BCUT2D eigenvalue weighted by Crippen LogP contribution is -2.36. The standard InChI is InChI=1S/C23H29N5O.HI/c1-5-24-23(25-14-19-11-12-21(28(3)4)13-17(19)2)26-15-20-16-29-22(27-20)18-9-7-6-8-10-18;/h6-13,16H,5,14-15H2,1-4H3,(H2,24,25,26);1H. The molecular weight excluding hydrogens is 489 g/mol. The van der Waals surface area contributed by atoms with Gasteiger partial charge in [-0.1, -0.05) is 24.3 Å². The van der Waals surface area contributed by atoms with Gasteiger partial charge in [0, 0.05) is 31.9 Å². The summed E-state index contributed by atoms with van der Waals surface area (Å²) in [6.45, 7) is 6.12. The van der Waals surface area contributed by atoms with Crippen molar-refractivity contribution in [3.05, 3.63) is 71.6 Å². The van der Waals surface area contributed by atoms with Gasteiger partial charge >= 0.3 is 0 Å². The number of rotatable bonds is 7. The van der Waals surface area contributed by atoms with Crippen LogP contribution in [-0.2, 0) is 13.1 Å². The van der Waals surface area contributed by atoms with Crippen molar-refractivity contribution in [3.63, 3.8) is 0 Å². The number of hydrogen-bond donors (Lipinski definition) is 2. The van der Waals surface area contributed by atoms with Crippen molar-refractivity contribution < 1.29 is 4.42 Å². The Morgan fingerprint density at radius 1 is 1.10 bits per heavy atom. The second kappa shape index (κ2) is 11.6. The average molecular weight is 519 g/mol. The number of hydrogen-bond acceptors (Lipinski definition) is 4. The van der Waals surface area contributed by atoms with Crippen LogP contribution in [-0.4, -0.2) is 31.6 Å². The highest BCUT2D eigenvalue weighted by molar-refractivity contribution is 14.0. The Labute approximate surface area is 195 Å². The second-order valence-corrected chi connectivity index (χ2v) is 7.06. The zero-order chi connectivity index (χ0) is 20.6. The summed E-state index contributed by atoms with van der Waals surface area (Å²) in [5.74, 6) is 1.38. The zero-order valence-electron chi connectivity index (χ0n) is 18.0. The summed E-state index contributed by atoms with van der Waals surface area (Å²) in [5.41, 5.74) is 5.44. The third kappa shape index (κ3) is 6.48. The van der Waals surface area contributed by atoms with Gasteiger partial charge in [0.25, 0.3) is 0 Å². The van der Waals surface area contributed by atoms with E-state index in [2.05, 4.69) is 52.6 Å². The normalized spacial score (nSPS) is 11.0. The van der Waals surface area contributed by atoms with Crippen LogP contribution >= 0.6 is 24.0 Å². The summed E-state index contributed by atoms with van der Waals surface area (Å²) in [6, 6.07) is 16.3. The number of guanidine groups is 1. The van der Waals surface area contributed by atoms with E-state index in [0.717, 1.165) is 23.8 Å². The molecule has 1 heterocycles. The first-order valence-electron chi connectivity index (χ1n) is 9.85. The molecule has 7 heteroatoms. The molecule has 2 N–H and O–H groups in total. The highest BCUT2D eigenvalue weighted by Crippen LogP contribution is 2.19. The van der Waals surface area contributed by atoms with Gasteiger partial charge in [0.2, 0.25) is 5.89 Å². The third-order valence-electron chi connectivity index (χ3n) is 4.60. The highest BCUT2D eigenvalue weighted by Gasteiger charge is 2.07. The van der Waals surface area contributed by atoms with E-state index in [-0.39, 0.29) is 24.0 Å². The van der Waals surface area contributed by atoms with Crippen molar-refractivity contribution in [1.82, 2.24) is 15.6 Å². The van der Waals surface area contributed by atoms with Crippen LogP contribution in [0.15, 0.2) is 64.2 Å². The Bertz CT molecular complexity index is 953. The minimum Gasteiger partial charge on any atom is -0.444 e. The predicted molar refractivity (Wildman–Crippen MR) is 135 cm³/mol. The number of benzene rings is 2. The molecule has 0 bridgehead atoms. The zero-order valence-corrected chi connectivity index (χ0v) is 20.3. The molecule has 6 nitrogen and oxygen atoms in total. The van der Waals surface area contributed by atoms with Crippen molar-refractivity contribution in [2.75, 3.05) is 25.5 Å². The van der Waals surface area contributed by atoms with Crippen LogP contribution in [0.1, 0.15) is 23.7 Å². The fourth-order valence-corrected chi connectivity index (χ4v) is 2.92. The summed E-state index contributed by atoms with van der Waals surface area (Å²) < 4.78 is 5.60. The first kappa shape index (κ1) is 23.7. The molecule has 0 radical (unpaired) electrons. The van der Waals surface area contributed by atoms with Gasteiger partial charge in [-0.25, -0.2) is 9.98 Å². The van der Waals surface area contributed by atoms with E-state index in [0.29, 0.717) is 19.0 Å². The maximum absolute atomic E-state index is 5.60. The van der Waals surface area contributed by atoms with Crippen molar-refractivity contribution in [3.8, 4) is 11.5 Å². The fraction of sp³-hybridized carbons (Fsp3) is 0.304. The van der Waals surface area contributed by atoms with E-state index in [4.69, 9.17) is 9.41 Å². The summed E-state index contributed by atoms with van der Waals surface area (Å²) in [4.78, 5) is 11.4. The molecule has 0 unspecified atom stereocenters. The lowest BCUT2D eigenvalue weighted by molar-refractivity contribution is 0.572. The minimum absolute atomic E-state index is 0. The number of aliphatic imine (C=N–C) groups is 1. The Balaban J connectivity index is 0.00000320. The average Bonchev–Trinajstić information content (AvgIpc) is 3.20. The monoisotopic (exact) mass is 519 g/mol. The number of oxazole rings is 1. The van der Waals surface area contributed by atoms with Crippen LogP contribution in [0.4, 0.5) is 5.69 Å². The molecule has 0 saturated carbocycles. The molecule has 3 rings (SSSR count). The SMILES string of the molecule is CCNC(=NCc1ccc(N(C)C)cc1C)NCc1coc(-c2ccccc2)n1.I. The van der Waals surface area contributed by atoms with Crippen molar-refractivity contribution >= 4 is 35.6 Å². The van der Waals surface area contributed by atoms with Crippen molar-refractivity contribution in [1.29, 1.82) is 0 Å². The van der Waals surface area contributed by atoms with Gasteiger partial charge in [0.05, 0.1) is 18.8 Å². The number of nitrogens with zero attached hydrogens (tertiary/aromatic N) is 3. The first-order chi connectivity index (χ1) is 14.1. The molecule has 3 aromatic rings. The summed E-state index contributed by atoms with van der Waals surface area (Å²) in [5, 5.41) is 6.61. The lowest BCUT2D eigenvalue weighted by atomic mass is 10.1. The second-order valence-electron chi connectivity index (χ2n) is 7.06. The van der Waals surface area contributed by atoms with Gasteiger partial charge in [-0.3, -0.25) is 0 Å². The van der Waals surface area contributed by atoms with Gasteiger partial charge in [0.1, 0.15) is 6.26 Å². The van der Waals surface area contributed by atoms with Crippen LogP contribution in [0.3, 0.4) is 0 Å². The summed E-state index contributed by atoms with van der Waals surface area (Å²) >= 11 is 0. The third-order valence-corrected chi connectivity index (χ3v) is 4.60. The van der Waals surface area contributed by atoms with Gasteiger partial charge in [-0.2, -0.15) is 0 Å². The molecule has 0 spiro atoms. The minimum atomic E-state index is 0. The van der Waals surface area contributed by atoms with Gasteiger partial charge in [-0.15, -0.1) is 24.0 Å². The maximum Gasteiger partial charge on any atom is 0.226 e. The Hall–Kier alpha value is -2.55. The van der Waals surface area contributed by atoms with Crippen molar-refractivity contribution in [2.24, 2.45) is 4.99 Å². The topological polar surface area (TPSA) is 65.7 Å². The van der Waals surface area contributed by atoms with Crippen LogP contribution < -0.4 is 15.5 Å². The molecule has 0 fully saturated rings. The molecule has 0 amide bonds. The van der Waals surface area contributed by atoms with E-state index in [1.165, 1.54) is 16.8 Å². The predicted octanol–water partition coefficient (Wildman–Crippen LogP) is 4.59. The Morgan fingerprint density at radius 3 is 2.53 bits per heavy atom. The number of aryl methyl sites for hydroxylation is 1. The molecule has 0 aliphatic carbocycles. The maximum atomic E-state index is 5.60. The Morgan fingerprint density at radius 2 is 1.87 bits per heavy atom. The lowest BCUT2D eigenvalue weighted by Gasteiger charge is -2.15. The highest BCUT2D eigenvalue weighted by atomic mass is 127. The number of aromatic nitrogens is 1. The summed E-state index contributed by atoms with van der Waals surface area (Å²) in [7, 11) is 4.10. The number of nitrogens with one attached hydrogen (secondary N) is 2. The quantitative estimate of drug-likeness (QED) is 0.272. The molecule has 0 saturated heterocycles. The van der Waals surface area contributed by atoms with E-state index in [9.17, 15) is 0 Å². The van der Waals surface area contributed by atoms with Crippen LogP contribution in [0.25, 0.3) is 11.5 Å². The molecular formula is C23H30IN5O. The van der Waals surface area contributed by atoms with Crippen LogP contribution in [0, 0.1) is 6.92 Å². The Kier molecular flexibility index (Phi) is 9.16. The van der Waals surface area contributed by atoms with Crippen LogP contribution in [0.2, 0.25) is 0 Å². The first-order valence-corrected chi connectivity index (χ1v) is 9.85. The van der Waals surface area contributed by atoms with E-state index in [1.54, 1.807) is 6.26 Å². The van der Waals surface area contributed by atoms with Crippen molar-refractivity contribution in [2.45, 2.75) is 26.9 Å². The van der Waals surface area contributed by atoms with Crippen LogP contribution in [0.5, 0.6) is 0 Å². The molecule has 1 aromatic heterocycles. The summed E-state index contributed by atoms with van der Waals surface area (Å²) in [6.07, 6.45) is 1.68. The molecule has 30 heavy (non-hydrogen) atoms. The molecule has 160 valence electrons. The number of anilines is 1. The van der Waals surface area contributed by atoms with Gasteiger partial charge in [0.15, 0.2) is 5.96 Å². The van der Waals surface area contributed by atoms with Gasteiger partial charge < -0.3 is 20.0 Å². The van der Waals surface area contributed by atoms with Gasteiger partial charge in [-0.05, 0) is 49.2 Å². The largest absolute Gasteiger partial charge is 0.444 e. The molecule has 0 aliphatic heterocycles. The molecule has 0 atom stereocenters. The smallest absolute Gasteiger partial charge is 0.226 e. The van der Waals surface area contributed by atoms with E-state index in [1.807, 2.05) is 44.4 Å². The fourth-order valence-electron chi connectivity index (χ4n) is 2.92. The number of halogens is 1. The van der Waals surface area contributed by atoms with E-state index < -0.39 is 0 Å². The molecule has 0 aliphatic rings. The van der Waals surface area contributed by atoms with E-state index >= 15 is 0 Å². The molecule has 2 aromatic carbocycles.